The van der Waals surface area contributed by atoms with Crippen molar-refractivity contribution >= 4 is 12.6 Å². The molecule has 0 bridgehead atoms. The van der Waals surface area contributed by atoms with E-state index in [1.165, 1.54) is 0 Å². The summed E-state index contributed by atoms with van der Waals surface area (Å²) in [5.41, 5.74) is 1.11. The number of aryl methyl sites for hydroxylation is 2. The molecule has 0 amide bonds. The summed E-state index contributed by atoms with van der Waals surface area (Å²) in [6.45, 7) is 16.2. The Morgan fingerprint density at radius 1 is 1.21 bits per heavy atom. The molecule has 1 aliphatic rings. The van der Waals surface area contributed by atoms with Gasteiger partial charge in [-0.3, -0.25) is 0 Å². The molecule has 1 aliphatic heterocycles. The Bertz CT molecular complexity index is 556. The molecule has 1 aromatic rings. The van der Waals surface area contributed by atoms with E-state index in [4.69, 9.17) is 14.0 Å². The molecule has 24 heavy (non-hydrogen) atoms. The summed E-state index contributed by atoms with van der Waals surface area (Å²) in [5.74, 6) is 0.732. The van der Waals surface area contributed by atoms with E-state index in [0.29, 0.717) is 0 Å². The quantitative estimate of drug-likeness (QED) is 0.767. The Hall–Kier alpha value is -1.05. The van der Waals surface area contributed by atoms with Gasteiger partial charge in [0.2, 0.25) is 5.88 Å². The van der Waals surface area contributed by atoms with Crippen molar-refractivity contribution in [3.05, 3.63) is 5.69 Å². The Kier molecular flexibility index (Phi) is 5.67. The highest BCUT2D eigenvalue weighted by molar-refractivity contribution is 6.63. The first-order valence-electron chi connectivity index (χ1n) is 8.91. The maximum atomic E-state index is 6.24. The third-order valence-electron chi connectivity index (χ3n) is 4.92. The average molecular weight is 337 g/mol. The third kappa shape index (κ3) is 3.63. The monoisotopic (exact) mass is 337 g/mol. The summed E-state index contributed by atoms with van der Waals surface area (Å²) in [5, 5.41) is 7.92. The number of hydrogen-bond donors (Lipinski definition) is 1. The van der Waals surface area contributed by atoms with Crippen LogP contribution in [0.5, 0.6) is 5.88 Å². The molecule has 7 heteroatoms. The smallest absolute Gasteiger partial charge is 0.474 e. The fourth-order valence-electron chi connectivity index (χ4n) is 2.76. The summed E-state index contributed by atoms with van der Waals surface area (Å²) in [6, 6.07) is 0. The van der Waals surface area contributed by atoms with E-state index < -0.39 is 7.12 Å². The normalized spacial score (nSPS) is 20.4. The predicted molar refractivity (Wildman–Crippen MR) is 96.9 cm³/mol. The lowest BCUT2D eigenvalue weighted by atomic mass is 9.78. The Morgan fingerprint density at radius 3 is 2.29 bits per heavy atom. The zero-order valence-electron chi connectivity index (χ0n) is 16.4. The molecule has 0 aromatic carbocycles. The topological polar surface area (TPSA) is 57.5 Å². The molecule has 1 aromatic heterocycles. The van der Waals surface area contributed by atoms with Gasteiger partial charge in [-0.1, -0.05) is 13.8 Å². The second kappa shape index (κ2) is 7.06. The van der Waals surface area contributed by atoms with Gasteiger partial charge in [-0.15, -0.1) is 0 Å². The molecule has 0 aliphatic carbocycles. The summed E-state index contributed by atoms with van der Waals surface area (Å²) in [6.07, 6.45) is 0.837. The summed E-state index contributed by atoms with van der Waals surface area (Å²) in [4.78, 5) is 0. The van der Waals surface area contributed by atoms with Crippen molar-refractivity contribution in [3.63, 3.8) is 0 Å². The zero-order valence-corrected chi connectivity index (χ0v) is 16.4. The maximum Gasteiger partial charge on any atom is 0.502 e. The third-order valence-corrected chi connectivity index (χ3v) is 4.92. The van der Waals surface area contributed by atoms with Gasteiger partial charge in [0.05, 0.1) is 22.4 Å². The van der Waals surface area contributed by atoms with Gasteiger partial charge in [0.1, 0.15) is 6.10 Å². The minimum atomic E-state index is -0.458. The lowest BCUT2D eigenvalue weighted by Crippen LogP contribution is -2.41. The molecule has 0 unspecified atom stereocenters. The molecular weight excluding hydrogens is 305 g/mol. The van der Waals surface area contributed by atoms with Crippen LogP contribution in [0.15, 0.2) is 0 Å². The first-order valence-corrected chi connectivity index (χ1v) is 8.91. The van der Waals surface area contributed by atoms with Gasteiger partial charge in [-0.2, -0.15) is 5.10 Å². The number of likely N-dealkylation sites (N-methyl/N-ethyl adjacent to an activating group) is 1. The van der Waals surface area contributed by atoms with Gasteiger partial charge in [-0.25, -0.2) is 4.68 Å². The lowest BCUT2D eigenvalue weighted by molar-refractivity contribution is 0.00578. The summed E-state index contributed by atoms with van der Waals surface area (Å²) in [7, 11) is 1.45. The molecule has 0 radical (unpaired) electrons. The van der Waals surface area contributed by atoms with Gasteiger partial charge in [0.25, 0.3) is 0 Å². The molecule has 2 heterocycles. The van der Waals surface area contributed by atoms with Crippen LogP contribution in [0.25, 0.3) is 0 Å². The van der Waals surface area contributed by atoms with Crippen LogP contribution in [-0.2, 0) is 22.8 Å². The predicted octanol–water partition coefficient (Wildman–Crippen LogP) is 1.66. The molecule has 1 N–H and O–H groups in total. The average Bonchev–Trinajstić information content (AvgIpc) is 2.90. The molecule has 1 saturated heterocycles. The maximum absolute atomic E-state index is 6.24. The lowest BCUT2D eigenvalue weighted by Gasteiger charge is -2.32. The molecular formula is C17H32BN3O3. The Balaban J connectivity index is 2.32. The molecule has 2 rings (SSSR count). The molecule has 136 valence electrons. The van der Waals surface area contributed by atoms with Crippen LogP contribution in [0.3, 0.4) is 0 Å². The van der Waals surface area contributed by atoms with Crippen molar-refractivity contribution in [3.8, 4) is 5.88 Å². The van der Waals surface area contributed by atoms with E-state index in [9.17, 15) is 0 Å². The molecule has 1 fully saturated rings. The van der Waals surface area contributed by atoms with E-state index in [-0.39, 0.29) is 17.3 Å². The first kappa shape index (κ1) is 19.3. The van der Waals surface area contributed by atoms with Crippen molar-refractivity contribution in [1.29, 1.82) is 0 Å². The van der Waals surface area contributed by atoms with Gasteiger partial charge in [0, 0.05) is 13.6 Å². The van der Waals surface area contributed by atoms with Crippen molar-refractivity contribution in [2.24, 2.45) is 7.05 Å². The summed E-state index contributed by atoms with van der Waals surface area (Å²) >= 11 is 0. The largest absolute Gasteiger partial charge is 0.502 e. The van der Waals surface area contributed by atoms with Crippen LogP contribution in [0.1, 0.15) is 54.2 Å². The number of aromatic nitrogens is 2. The first-order chi connectivity index (χ1) is 11.1. The molecule has 0 saturated carbocycles. The van der Waals surface area contributed by atoms with Gasteiger partial charge in [0.15, 0.2) is 0 Å². The van der Waals surface area contributed by atoms with Crippen molar-refractivity contribution in [1.82, 2.24) is 15.1 Å². The summed E-state index contributed by atoms with van der Waals surface area (Å²) < 4.78 is 20.5. The van der Waals surface area contributed by atoms with E-state index in [0.717, 1.165) is 36.5 Å². The number of nitrogens with zero attached hydrogens (tertiary/aromatic N) is 2. The van der Waals surface area contributed by atoms with Crippen LogP contribution < -0.4 is 15.5 Å². The standard InChI is InChI=1S/C17H32BN3O3/c1-9-13-14(18-23-16(4,5)17(6,7)24-18)15(21(8)20-13)22-12(3)11-19-10-2/h12,19H,9-11H2,1-8H3/t12-/m0/s1. The zero-order chi connectivity index (χ0) is 18.1. The van der Waals surface area contributed by atoms with Crippen LogP contribution in [0.2, 0.25) is 0 Å². The van der Waals surface area contributed by atoms with Crippen LogP contribution in [0, 0.1) is 0 Å². The van der Waals surface area contributed by atoms with Gasteiger partial charge >= 0.3 is 7.12 Å². The number of hydrogen-bond acceptors (Lipinski definition) is 5. The molecule has 6 nitrogen and oxygen atoms in total. The van der Waals surface area contributed by atoms with Crippen LogP contribution in [0.4, 0.5) is 0 Å². The van der Waals surface area contributed by atoms with Crippen LogP contribution in [-0.4, -0.2) is 47.3 Å². The SMILES string of the molecule is CCNC[C@H](C)Oc1c(B2OC(C)(C)C(C)(C)O2)c(CC)nn1C. The number of nitrogens with one attached hydrogen (secondary N) is 1. The highest BCUT2D eigenvalue weighted by atomic mass is 16.7. The van der Waals surface area contributed by atoms with E-state index >= 15 is 0 Å². The molecule has 1 atom stereocenters. The van der Waals surface area contributed by atoms with Gasteiger partial charge in [-0.05, 0) is 47.6 Å². The highest BCUT2D eigenvalue weighted by Crippen LogP contribution is 2.37. The molecule has 0 spiro atoms. The van der Waals surface area contributed by atoms with Crippen molar-refractivity contribution in [2.45, 2.75) is 72.2 Å². The van der Waals surface area contributed by atoms with E-state index in [1.54, 1.807) is 4.68 Å². The fraction of sp³-hybridized carbons (Fsp3) is 0.824. The number of rotatable bonds is 7. The second-order valence-electron chi connectivity index (χ2n) is 7.47. The Morgan fingerprint density at radius 2 is 1.79 bits per heavy atom. The Labute approximate surface area is 146 Å². The fourth-order valence-corrected chi connectivity index (χ4v) is 2.76. The van der Waals surface area contributed by atoms with Crippen LogP contribution >= 0.6 is 0 Å². The minimum absolute atomic E-state index is 0.0335. The highest BCUT2D eigenvalue weighted by Gasteiger charge is 2.54. The number of ether oxygens (including phenoxy) is 1. The van der Waals surface area contributed by atoms with Crippen molar-refractivity contribution in [2.75, 3.05) is 13.1 Å². The second-order valence-corrected chi connectivity index (χ2v) is 7.47. The van der Waals surface area contributed by atoms with E-state index in [2.05, 4.69) is 58.9 Å². The van der Waals surface area contributed by atoms with E-state index in [1.807, 2.05) is 7.05 Å². The van der Waals surface area contributed by atoms with Crippen molar-refractivity contribution < 1.29 is 14.0 Å². The van der Waals surface area contributed by atoms with Gasteiger partial charge < -0.3 is 19.4 Å². The minimum Gasteiger partial charge on any atom is -0.474 e.